The molecule has 0 saturated heterocycles. The molecule has 0 aliphatic carbocycles. The van der Waals surface area contributed by atoms with Gasteiger partial charge in [-0.2, -0.15) is 5.10 Å². The Labute approximate surface area is 117 Å². The van der Waals surface area contributed by atoms with Crippen molar-refractivity contribution in [3.8, 4) is 0 Å². The van der Waals surface area contributed by atoms with Crippen LogP contribution >= 0.6 is 10.7 Å². The van der Waals surface area contributed by atoms with Crippen LogP contribution in [0.3, 0.4) is 0 Å². The number of carbonyl (C=O) groups excluding carboxylic acids is 1. The van der Waals surface area contributed by atoms with Crippen LogP contribution in [0.25, 0.3) is 0 Å². The van der Waals surface area contributed by atoms with Crippen LogP contribution in [0.1, 0.15) is 43.4 Å². The lowest BCUT2D eigenvalue weighted by molar-refractivity contribution is 0.0941. The number of carbonyl (C=O) groups is 1. The van der Waals surface area contributed by atoms with E-state index in [1.54, 1.807) is 0 Å². The third-order valence-electron chi connectivity index (χ3n) is 2.51. The van der Waals surface area contributed by atoms with Crippen molar-refractivity contribution in [3.63, 3.8) is 0 Å². The summed E-state index contributed by atoms with van der Waals surface area (Å²) in [7, 11) is 1.29. The van der Waals surface area contributed by atoms with Gasteiger partial charge in [0, 0.05) is 17.2 Å². The first-order valence-electron chi connectivity index (χ1n) is 5.80. The van der Waals surface area contributed by atoms with E-state index in [0.717, 1.165) is 6.42 Å². The number of rotatable bonds is 4. The van der Waals surface area contributed by atoms with Gasteiger partial charge in [0.1, 0.15) is 4.90 Å². The van der Waals surface area contributed by atoms with Crippen LogP contribution in [0.4, 0.5) is 0 Å². The summed E-state index contributed by atoms with van der Waals surface area (Å²) in [5, 5.41) is 8.79. The summed E-state index contributed by atoms with van der Waals surface area (Å²) >= 11 is 0. The minimum Gasteiger partial charge on any atom is -0.351 e. The summed E-state index contributed by atoms with van der Waals surface area (Å²) < 4.78 is 22.8. The molecule has 8 heteroatoms. The van der Waals surface area contributed by atoms with Crippen LogP contribution < -0.4 is 5.32 Å². The number of nitrogens with zero attached hydrogens (tertiary/aromatic N) is 1. The molecule has 0 unspecified atom stereocenters. The molecule has 1 aromatic heterocycles. The summed E-state index contributed by atoms with van der Waals surface area (Å²) in [4.78, 5) is 11.6. The minimum atomic E-state index is -4.00. The van der Waals surface area contributed by atoms with Gasteiger partial charge < -0.3 is 5.32 Å². The number of nitrogens with one attached hydrogen (secondary N) is 2. The maximum Gasteiger partial charge on any atom is 0.273 e. The second kappa shape index (κ2) is 5.50. The van der Waals surface area contributed by atoms with E-state index >= 15 is 0 Å². The van der Waals surface area contributed by atoms with Gasteiger partial charge in [-0.3, -0.25) is 9.89 Å². The average Bonchev–Trinajstić information content (AvgIpc) is 2.57. The molecule has 1 aromatic rings. The van der Waals surface area contributed by atoms with Crippen molar-refractivity contribution < 1.29 is 13.2 Å². The Balaban J connectivity index is 2.85. The zero-order chi connectivity index (χ0) is 14.8. The van der Waals surface area contributed by atoms with Crippen molar-refractivity contribution in [3.05, 3.63) is 11.4 Å². The smallest absolute Gasteiger partial charge is 0.273 e. The van der Waals surface area contributed by atoms with E-state index in [1.807, 2.05) is 20.8 Å². The summed E-state index contributed by atoms with van der Waals surface area (Å²) in [5.74, 6) is -0.548. The molecule has 1 rings (SSSR count). The fourth-order valence-corrected chi connectivity index (χ4v) is 2.85. The normalized spacial score (nSPS) is 12.5. The third-order valence-corrected chi connectivity index (χ3v) is 3.96. The van der Waals surface area contributed by atoms with Gasteiger partial charge in [0.15, 0.2) is 5.69 Å². The first-order chi connectivity index (χ1) is 8.52. The summed E-state index contributed by atoms with van der Waals surface area (Å²) in [6.45, 7) is 8.08. The second-order valence-electron chi connectivity index (χ2n) is 5.53. The number of aromatic nitrogens is 2. The highest BCUT2D eigenvalue weighted by Gasteiger charge is 2.26. The lowest BCUT2D eigenvalue weighted by Gasteiger charge is -2.17. The largest absolute Gasteiger partial charge is 0.351 e. The van der Waals surface area contributed by atoms with Gasteiger partial charge in [0.2, 0.25) is 0 Å². The summed E-state index contributed by atoms with van der Waals surface area (Å²) in [6, 6.07) is 0. The van der Waals surface area contributed by atoms with Crippen LogP contribution in [0, 0.1) is 12.3 Å². The van der Waals surface area contributed by atoms with Gasteiger partial charge in [-0.05, 0) is 18.8 Å². The Bertz CT molecular complexity index is 572. The number of H-pyrrole nitrogens is 1. The number of amides is 1. The molecule has 19 heavy (non-hydrogen) atoms. The van der Waals surface area contributed by atoms with Gasteiger partial charge >= 0.3 is 0 Å². The second-order valence-corrected chi connectivity index (χ2v) is 8.03. The van der Waals surface area contributed by atoms with Crippen molar-refractivity contribution in [2.24, 2.45) is 5.41 Å². The Hall–Kier alpha value is -1.08. The Morgan fingerprint density at radius 1 is 1.42 bits per heavy atom. The van der Waals surface area contributed by atoms with E-state index in [-0.39, 0.29) is 21.7 Å². The number of aromatic amines is 1. The molecule has 108 valence electrons. The molecule has 0 saturated carbocycles. The molecule has 0 aliphatic heterocycles. The Morgan fingerprint density at radius 2 is 2.00 bits per heavy atom. The molecular weight excluding hydrogens is 290 g/mol. The van der Waals surface area contributed by atoms with Crippen molar-refractivity contribution in [2.75, 3.05) is 6.54 Å². The van der Waals surface area contributed by atoms with Crippen LogP contribution in [-0.2, 0) is 9.05 Å². The zero-order valence-corrected chi connectivity index (χ0v) is 12.9. The Kier molecular flexibility index (Phi) is 4.63. The van der Waals surface area contributed by atoms with Crippen molar-refractivity contribution in [1.82, 2.24) is 15.5 Å². The monoisotopic (exact) mass is 307 g/mol. The van der Waals surface area contributed by atoms with E-state index < -0.39 is 15.0 Å². The van der Waals surface area contributed by atoms with Gasteiger partial charge in [-0.25, -0.2) is 8.42 Å². The molecule has 1 heterocycles. The number of aryl methyl sites for hydroxylation is 1. The van der Waals surface area contributed by atoms with E-state index in [2.05, 4.69) is 15.5 Å². The zero-order valence-electron chi connectivity index (χ0n) is 11.4. The molecule has 2 N–H and O–H groups in total. The number of hydrogen-bond acceptors (Lipinski definition) is 4. The van der Waals surface area contributed by atoms with E-state index in [4.69, 9.17) is 10.7 Å². The quantitative estimate of drug-likeness (QED) is 0.830. The number of halogens is 1. The van der Waals surface area contributed by atoms with Gasteiger partial charge in [-0.15, -0.1) is 0 Å². The molecule has 0 aromatic carbocycles. The molecular formula is C11H18ClN3O3S. The van der Waals surface area contributed by atoms with E-state index in [9.17, 15) is 13.2 Å². The maximum atomic E-state index is 11.9. The van der Waals surface area contributed by atoms with Crippen LogP contribution in [-0.4, -0.2) is 31.1 Å². The van der Waals surface area contributed by atoms with Crippen LogP contribution in [0.15, 0.2) is 4.90 Å². The molecule has 0 aliphatic rings. The maximum absolute atomic E-state index is 11.9. The van der Waals surface area contributed by atoms with Crippen molar-refractivity contribution in [2.45, 2.75) is 39.0 Å². The Morgan fingerprint density at radius 3 is 2.47 bits per heavy atom. The highest BCUT2D eigenvalue weighted by Crippen LogP contribution is 2.22. The molecule has 0 fully saturated rings. The average molecular weight is 308 g/mol. The molecule has 0 atom stereocenters. The fraction of sp³-hybridized carbons (Fsp3) is 0.636. The topological polar surface area (TPSA) is 91.9 Å². The molecule has 0 bridgehead atoms. The van der Waals surface area contributed by atoms with Crippen LogP contribution in [0.5, 0.6) is 0 Å². The van der Waals surface area contributed by atoms with E-state index in [0.29, 0.717) is 6.54 Å². The standard InChI is InChI=1S/C11H18ClN3O3S/c1-7-9(19(12,17)18)8(15-14-7)10(16)13-6-5-11(2,3)4/h5-6H2,1-4H3,(H,13,16)(H,14,15). The highest BCUT2D eigenvalue weighted by molar-refractivity contribution is 8.13. The van der Waals surface area contributed by atoms with Gasteiger partial charge in [0.25, 0.3) is 15.0 Å². The first kappa shape index (κ1) is 16.0. The summed E-state index contributed by atoms with van der Waals surface area (Å²) in [6.07, 6.45) is 0.769. The summed E-state index contributed by atoms with van der Waals surface area (Å²) in [5.41, 5.74) is 0.133. The molecule has 6 nitrogen and oxygen atoms in total. The fourth-order valence-electron chi connectivity index (χ4n) is 1.51. The predicted octanol–water partition coefficient (Wildman–Crippen LogP) is 1.81. The van der Waals surface area contributed by atoms with Gasteiger partial charge in [-0.1, -0.05) is 20.8 Å². The van der Waals surface area contributed by atoms with Crippen molar-refractivity contribution in [1.29, 1.82) is 0 Å². The van der Waals surface area contributed by atoms with Gasteiger partial charge in [0.05, 0.1) is 5.69 Å². The predicted molar refractivity (Wildman–Crippen MR) is 72.8 cm³/mol. The molecule has 0 spiro atoms. The highest BCUT2D eigenvalue weighted by atomic mass is 35.7. The van der Waals surface area contributed by atoms with Crippen molar-refractivity contribution >= 4 is 25.6 Å². The molecule has 0 radical (unpaired) electrons. The SMILES string of the molecule is Cc1[nH]nc(C(=O)NCCC(C)(C)C)c1S(=O)(=O)Cl. The van der Waals surface area contributed by atoms with E-state index in [1.165, 1.54) is 6.92 Å². The minimum absolute atomic E-state index is 0.0795. The third kappa shape index (κ3) is 4.50. The first-order valence-corrected chi connectivity index (χ1v) is 8.11. The lowest BCUT2D eigenvalue weighted by Crippen LogP contribution is -2.28. The molecule has 1 amide bonds. The lowest BCUT2D eigenvalue weighted by atomic mass is 9.92. The number of hydrogen-bond donors (Lipinski definition) is 2. The van der Waals surface area contributed by atoms with Crippen LogP contribution in [0.2, 0.25) is 0 Å².